The number of fused-ring (bicyclic) bond motifs is 1. The number of hydrogen-bond donors (Lipinski definition) is 0. The molecule has 1 saturated carbocycles. The van der Waals surface area contributed by atoms with Crippen LogP contribution in [0.25, 0.3) is 0 Å². The number of Topliss-reactive ketones (excluding diaryl/α,β-unsaturated/α-hetero) is 1. The third-order valence-corrected chi connectivity index (χ3v) is 2.10. The second kappa shape index (κ2) is 1.22. The third-order valence-electron chi connectivity index (χ3n) is 2.10. The summed E-state index contributed by atoms with van der Waals surface area (Å²) < 4.78 is 0. The van der Waals surface area contributed by atoms with Crippen molar-refractivity contribution in [2.45, 2.75) is 19.3 Å². The molecule has 1 heteroatoms. The van der Waals surface area contributed by atoms with Gasteiger partial charge in [0.1, 0.15) is 0 Å². The molecule has 1 atom stereocenters. The zero-order valence-corrected chi connectivity index (χ0v) is 4.68. The number of carbonyl (C=O) groups excluding carboxylic acids is 1. The molecule has 0 aromatic rings. The molecule has 2 rings (SSSR count). The third kappa shape index (κ3) is 0.347. The number of hydrogen-bond acceptors (Lipinski definition) is 1. The fourth-order valence-corrected chi connectivity index (χ4v) is 1.47. The predicted octanol–water partition coefficient (Wildman–Crippen LogP) is 1.30. The van der Waals surface area contributed by atoms with E-state index < -0.39 is 0 Å². The maximum atomic E-state index is 10.8. The highest BCUT2D eigenvalue weighted by Crippen LogP contribution is 2.38. The molecular weight excluding hydrogens is 100 g/mol. The van der Waals surface area contributed by atoms with Crippen LogP contribution in [-0.4, -0.2) is 5.78 Å². The van der Waals surface area contributed by atoms with E-state index in [4.69, 9.17) is 0 Å². The summed E-state index contributed by atoms with van der Waals surface area (Å²) in [6, 6.07) is 0. The first-order chi connectivity index (χ1) is 3.88. The van der Waals surface area contributed by atoms with Gasteiger partial charge in [0.2, 0.25) is 0 Å². The molecular formula is C7H8O. The predicted molar refractivity (Wildman–Crippen MR) is 30.4 cm³/mol. The molecule has 1 fully saturated rings. The first-order valence-electron chi connectivity index (χ1n) is 3.11. The minimum atomic E-state index is 0.404. The van der Waals surface area contributed by atoms with Gasteiger partial charge < -0.3 is 0 Å². The second-order valence-corrected chi connectivity index (χ2v) is 2.55. The van der Waals surface area contributed by atoms with Crippen LogP contribution >= 0.6 is 0 Å². The highest BCUT2D eigenvalue weighted by atomic mass is 16.1. The molecule has 0 saturated heterocycles. The minimum absolute atomic E-state index is 0.404. The topological polar surface area (TPSA) is 17.1 Å². The summed E-state index contributed by atoms with van der Waals surface area (Å²) >= 11 is 0. The van der Waals surface area contributed by atoms with E-state index in [0.29, 0.717) is 11.7 Å². The lowest BCUT2D eigenvalue weighted by Gasteiger charge is -2.16. The highest BCUT2D eigenvalue weighted by Gasteiger charge is 2.32. The van der Waals surface area contributed by atoms with Gasteiger partial charge in [-0.1, -0.05) is 6.08 Å². The molecule has 2 aliphatic rings. The van der Waals surface area contributed by atoms with Crippen molar-refractivity contribution in [2.75, 3.05) is 0 Å². The monoisotopic (exact) mass is 108 g/mol. The second-order valence-electron chi connectivity index (χ2n) is 2.55. The zero-order chi connectivity index (χ0) is 5.56. The minimum Gasteiger partial charge on any atom is -0.295 e. The van der Waals surface area contributed by atoms with E-state index in [1.54, 1.807) is 0 Å². The first kappa shape index (κ1) is 4.30. The van der Waals surface area contributed by atoms with Crippen LogP contribution in [0.3, 0.4) is 0 Å². The van der Waals surface area contributed by atoms with Crippen molar-refractivity contribution in [3.8, 4) is 0 Å². The largest absolute Gasteiger partial charge is 0.295 e. The lowest BCUT2D eigenvalue weighted by Crippen LogP contribution is -2.08. The number of allylic oxidation sites excluding steroid dienone is 2. The van der Waals surface area contributed by atoms with Crippen molar-refractivity contribution in [3.63, 3.8) is 0 Å². The van der Waals surface area contributed by atoms with Gasteiger partial charge in [0.15, 0.2) is 5.78 Å². The van der Waals surface area contributed by atoms with Crippen molar-refractivity contribution in [3.05, 3.63) is 11.6 Å². The Morgan fingerprint density at radius 1 is 1.62 bits per heavy atom. The molecule has 0 aromatic heterocycles. The molecule has 1 nitrogen and oxygen atoms in total. The van der Waals surface area contributed by atoms with Gasteiger partial charge in [-0.2, -0.15) is 0 Å². The Hall–Kier alpha value is -0.590. The summed E-state index contributed by atoms with van der Waals surface area (Å²) in [5.41, 5.74) is 1.13. The van der Waals surface area contributed by atoms with E-state index in [2.05, 4.69) is 6.08 Å². The number of carbonyl (C=O) groups is 1. The Labute approximate surface area is 48.4 Å². The molecule has 0 heterocycles. The SMILES string of the molecule is O=C1CCC2CC=C12. The zero-order valence-electron chi connectivity index (χ0n) is 4.68. The summed E-state index contributed by atoms with van der Waals surface area (Å²) in [5.74, 6) is 1.09. The molecule has 1 unspecified atom stereocenters. The summed E-state index contributed by atoms with van der Waals surface area (Å²) in [6.07, 6.45) is 5.18. The van der Waals surface area contributed by atoms with E-state index in [-0.39, 0.29) is 0 Å². The van der Waals surface area contributed by atoms with Gasteiger partial charge in [-0.05, 0) is 24.3 Å². The van der Waals surface area contributed by atoms with Crippen molar-refractivity contribution < 1.29 is 4.79 Å². The normalized spacial score (nSPS) is 33.8. The van der Waals surface area contributed by atoms with Gasteiger partial charge in [-0.25, -0.2) is 0 Å². The van der Waals surface area contributed by atoms with Gasteiger partial charge in [-0.15, -0.1) is 0 Å². The summed E-state index contributed by atoms with van der Waals surface area (Å²) in [6.45, 7) is 0. The van der Waals surface area contributed by atoms with Crippen molar-refractivity contribution in [2.24, 2.45) is 5.92 Å². The van der Waals surface area contributed by atoms with Gasteiger partial charge in [-0.3, -0.25) is 4.79 Å². The average Bonchev–Trinajstić information content (AvgIpc) is 1.80. The fraction of sp³-hybridized carbons (Fsp3) is 0.571. The van der Waals surface area contributed by atoms with Gasteiger partial charge in [0.25, 0.3) is 0 Å². The highest BCUT2D eigenvalue weighted by molar-refractivity contribution is 5.99. The smallest absolute Gasteiger partial charge is 0.158 e. The number of ketones is 1. The van der Waals surface area contributed by atoms with Crippen molar-refractivity contribution in [1.29, 1.82) is 0 Å². The maximum absolute atomic E-state index is 10.8. The van der Waals surface area contributed by atoms with Gasteiger partial charge >= 0.3 is 0 Å². The van der Waals surface area contributed by atoms with Crippen molar-refractivity contribution >= 4 is 5.78 Å². The summed E-state index contributed by atoms with van der Waals surface area (Å²) in [5, 5.41) is 0. The van der Waals surface area contributed by atoms with Crippen LogP contribution in [0.15, 0.2) is 11.6 Å². The van der Waals surface area contributed by atoms with Crippen LogP contribution < -0.4 is 0 Å². The molecule has 2 aliphatic carbocycles. The first-order valence-corrected chi connectivity index (χ1v) is 3.11. The standard InChI is InChI=1S/C7H8O/c8-7-4-2-5-1-3-6(5)7/h3,5H,1-2,4H2. The van der Waals surface area contributed by atoms with E-state index in [0.717, 1.165) is 18.4 Å². The Morgan fingerprint density at radius 3 is 2.75 bits per heavy atom. The molecule has 42 valence electrons. The molecule has 8 heavy (non-hydrogen) atoms. The van der Waals surface area contributed by atoms with Crippen LogP contribution in [0.1, 0.15) is 19.3 Å². The quantitative estimate of drug-likeness (QED) is 0.457. The molecule has 0 radical (unpaired) electrons. The average molecular weight is 108 g/mol. The lowest BCUT2D eigenvalue weighted by molar-refractivity contribution is -0.114. The molecule has 0 aromatic carbocycles. The van der Waals surface area contributed by atoms with Crippen molar-refractivity contribution in [1.82, 2.24) is 0 Å². The Balaban J connectivity index is 2.35. The van der Waals surface area contributed by atoms with E-state index >= 15 is 0 Å². The molecule has 0 N–H and O–H groups in total. The van der Waals surface area contributed by atoms with Crippen LogP contribution in [0.2, 0.25) is 0 Å². The fourth-order valence-electron chi connectivity index (χ4n) is 1.47. The molecule has 0 amide bonds. The van der Waals surface area contributed by atoms with Crippen LogP contribution in [-0.2, 0) is 4.79 Å². The number of rotatable bonds is 0. The van der Waals surface area contributed by atoms with Gasteiger partial charge in [0.05, 0.1) is 0 Å². The lowest BCUT2D eigenvalue weighted by atomic mass is 9.88. The van der Waals surface area contributed by atoms with Crippen LogP contribution in [0, 0.1) is 5.92 Å². The Morgan fingerprint density at radius 2 is 2.50 bits per heavy atom. The van der Waals surface area contributed by atoms with E-state index in [1.807, 2.05) is 0 Å². The maximum Gasteiger partial charge on any atom is 0.158 e. The van der Waals surface area contributed by atoms with Crippen LogP contribution in [0.4, 0.5) is 0 Å². The van der Waals surface area contributed by atoms with Gasteiger partial charge in [0, 0.05) is 6.42 Å². The van der Waals surface area contributed by atoms with E-state index in [1.165, 1.54) is 6.42 Å². The van der Waals surface area contributed by atoms with E-state index in [9.17, 15) is 4.79 Å². The molecule has 0 bridgehead atoms. The summed E-state index contributed by atoms with van der Waals surface area (Å²) in [7, 11) is 0. The summed E-state index contributed by atoms with van der Waals surface area (Å²) in [4.78, 5) is 10.8. The Kier molecular flexibility index (Phi) is 0.655. The molecule has 0 aliphatic heterocycles. The Bertz CT molecular complexity index is 167. The molecule has 0 spiro atoms. The van der Waals surface area contributed by atoms with Crippen LogP contribution in [0.5, 0.6) is 0 Å².